The van der Waals surface area contributed by atoms with Gasteiger partial charge in [0.1, 0.15) is 11.6 Å². The van der Waals surface area contributed by atoms with Crippen LogP contribution in [-0.2, 0) is 0 Å². The summed E-state index contributed by atoms with van der Waals surface area (Å²) in [6.45, 7) is 0. The van der Waals surface area contributed by atoms with Crippen LogP contribution in [0.3, 0.4) is 0 Å². The lowest BCUT2D eigenvalue weighted by atomic mass is 9.98. The number of alkyl halides is 1. The normalized spacial score (nSPS) is 12.6. The fourth-order valence-electron chi connectivity index (χ4n) is 2.42. The largest absolute Gasteiger partial charge is 0.206 e. The summed E-state index contributed by atoms with van der Waals surface area (Å²) in [6, 6.07) is 16.1. The highest BCUT2D eigenvalue weighted by atomic mass is 79.9. The lowest BCUT2D eigenvalue weighted by Gasteiger charge is -2.15. The van der Waals surface area contributed by atoms with Gasteiger partial charge in [0.05, 0.1) is 4.83 Å². The molecule has 0 fully saturated rings. The number of benzene rings is 3. The molecule has 0 amide bonds. The molecule has 3 aromatic rings. The van der Waals surface area contributed by atoms with Gasteiger partial charge in [-0.2, -0.15) is 0 Å². The lowest BCUT2D eigenvalue weighted by molar-refractivity contribution is 0.559. The molecule has 0 aliphatic carbocycles. The van der Waals surface area contributed by atoms with Gasteiger partial charge in [-0.15, -0.1) is 0 Å². The molecule has 0 saturated heterocycles. The molecule has 0 aliphatic heterocycles. The molecule has 3 rings (SSSR count). The zero-order chi connectivity index (χ0) is 15.0. The Morgan fingerprint density at radius 2 is 1.48 bits per heavy atom. The molecule has 0 aliphatic rings. The van der Waals surface area contributed by atoms with Crippen molar-refractivity contribution in [3.05, 3.63) is 81.8 Å². The Hall–Kier alpha value is -1.26. The summed E-state index contributed by atoms with van der Waals surface area (Å²) in [5.41, 5.74) is 0.864. The first kappa shape index (κ1) is 14.7. The first-order valence-electron chi connectivity index (χ1n) is 6.34. The van der Waals surface area contributed by atoms with Crippen LogP contribution in [0.1, 0.15) is 16.0 Å². The number of rotatable bonds is 2. The summed E-state index contributed by atoms with van der Waals surface area (Å²) in [6.07, 6.45) is 0. The van der Waals surface area contributed by atoms with Crippen molar-refractivity contribution in [2.75, 3.05) is 0 Å². The molecule has 1 atom stereocenters. The van der Waals surface area contributed by atoms with E-state index in [2.05, 4.69) is 31.9 Å². The summed E-state index contributed by atoms with van der Waals surface area (Å²) in [5, 5.41) is 2.01. The Kier molecular flexibility index (Phi) is 4.09. The summed E-state index contributed by atoms with van der Waals surface area (Å²) >= 11 is 6.54. The van der Waals surface area contributed by atoms with Gasteiger partial charge in [0.2, 0.25) is 0 Å². The summed E-state index contributed by atoms with van der Waals surface area (Å²) in [5.74, 6) is -1.15. The zero-order valence-corrected chi connectivity index (χ0v) is 14.0. The third-order valence-corrected chi connectivity index (χ3v) is 4.80. The highest BCUT2D eigenvalue weighted by Crippen LogP contribution is 2.38. The van der Waals surface area contributed by atoms with Crippen LogP contribution in [0.5, 0.6) is 0 Å². The SMILES string of the molecule is Fc1cc(Br)cc(F)c1C(Br)c1cccc2ccccc12. The third-order valence-electron chi connectivity index (χ3n) is 3.39. The lowest BCUT2D eigenvalue weighted by Crippen LogP contribution is -2.01. The van der Waals surface area contributed by atoms with E-state index in [4.69, 9.17) is 0 Å². The highest BCUT2D eigenvalue weighted by Gasteiger charge is 2.21. The predicted octanol–water partition coefficient (Wildman–Crippen LogP) is 6.36. The molecule has 106 valence electrons. The topological polar surface area (TPSA) is 0 Å². The molecule has 0 spiro atoms. The molecule has 21 heavy (non-hydrogen) atoms. The van der Waals surface area contributed by atoms with Crippen LogP contribution in [0.2, 0.25) is 0 Å². The third kappa shape index (κ3) is 2.74. The minimum absolute atomic E-state index is 0.0227. The van der Waals surface area contributed by atoms with Crippen molar-refractivity contribution in [3.8, 4) is 0 Å². The van der Waals surface area contributed by atoms with E-state index in [9.17, 15) is 8.78 Å². The van der Waals surface area contributed by atoms with E-state index in [-0.39, 0.29) is 5.56 Å². The minimum atomic E-state index is -0.573. The van der Waals surface area contributed by atoms with E-state index < -0.39 is 16.5 Å². The van der Waals surface area contributed by atoms with Crippen molar-refractivity contribution < 1.29 is 8.78 Å². The van der Waals surface area contributed by atoms with Crippen molar-refractivity contribution >= 4 is 42.6 Å². The first-order valence-corrected chi connectivity index (χ1v) is 8.05. The van der Waals surface area contributed by atoms with Crippen LogP contribution in [0.4, 0.5) is 8.78 Å². The van der Waals surface area contributed by atoms with E-state index >= 15 is 0 Å². The number of hydrogen-bond donors (Lipinski definition) is 0. The molecule has 0 saturated carbocycles. The van der Waals surface area contributed by atoms with Gasteiger partial charge in [-0.3, -0.25) is 0 Å². The van der Waals surface area contributed by atoms with Gasteiger partial charge in [0.15, 0.2) is 0 Å². The second kappa shape index (κ2) is 5.85. The molecule has 0 nitrogen and oxygen atoms in total. The van der Waals surface area contributed by atoms with Gasteiger partial charge in [0.25, 0.3) is 0 Å². The molecule has 0 aromatic heterocycles. The van der Waals surface area contributed by atoms with Crippen LogP contribution in [-0.4, -0.2) is 0 Å². The van der Waals surface area contributed by atoms with Crippen LogP contribution in [0.15, 0.2) is 59.1 Å². The van der Waals surface area contributed by atoms with Gasteiger partial charge in [0, 0.05) is 10.0 Å². The van der Waals surface area contributed by atoms with E-state index in [1.54, 1.807) is 0 Å². The molecule has 0 heterocycles. The molecule has 1 unspecified atom stereocenters. The Morgan fingerprint density at radius 1 is 0.857 bits per heavy atom. The number of halogens is 4. The summed E-state index contributed by atoms with van der Waals surface area (Å²) in [4.78, 5) is -0.545. The molecule has 0 radical (unpaired) electrons. The Balaban J connectivity index is 2.20. The fraction of sp³-hybridized carbons (Fsp3) is 0.0588. The van der Waals surface area contributed by atoms with E-state index in [1.165, 1.54) is 12.1 Å². The Morgan fingerprint density at radius 3 is 2.19 bits per heavy atom. The summed E-state index contributed by atoms with van der Waals surface area (Å²) in [7, 11) is 0. The molecule has 3 aromatic carbocycles. The van der Waals surface area contributed by atoms with Crippen molar-refractivity contribution in [3.63, 3.8) is 0 Å². The van der Waals surface area contributed by atoms with Crippen LogP contribution >= 0.6 is 31.9 Å². The van der Waals surface area contributed by atoms with Gasteiger partial charge in [-0.25, -0.2) is 8.78 Å². The second-order valence-electron chi connectivity index (χ2n) is 4.71. The quantitative estimate of drug-likeness (QED) is 0.430. The Labute approximate surface area is 138 Å². The number of fused-ring (bicyclic) bond motifs is 1. The van der Waals surface area contributed by atoms with Crippen LogP contribution < -0.4 is 0 Å². The van der Waals surface area contributed by atoms with Crippen molar-refractivity contribution in [2.45, 2.75) is 4.83 Å². The number of hydrogen-bond acceptors (Lipinski definition) is 0. The molecule has 4 heteroatoms. The van der Waals surface area contributed by atoms with Crippen molar-refractivity contribution in [1.82, 2.24) is 0 Å². The van der Waals surface area contributed by atoms with Crippen LogP contribution in [0.25, 0.3) is 10.8 Å². The second-order valence-corrected chi connectivity index (χ2v) is 6.55. The van der Waals surface area contributed by atoms with Crippen molar-refractivity contribution in [1.29, 1.82) is 0 Å². The minimum Gasteiger partial charge on any atom is -0.206 e. The monoisotopic (exact) mass is 410 g/mol. The van der Waals surface area contributed by atoms with E-state index in [1.807, 2.05) is 42.5 Å². The van der Waals surface area contributed by atoms with Gasteiger partial charge in [-0.05, 0) is 28.5 Å². The molecular formula is C17H10Br2F2. The van der Waals surface area contributed by atoms with Gasteiger partial charge in [-0.1, -0.05) is 74.3 Å². The highest BCUT2D eigenvalue weighted by molar-refractivity contribution is 9.10. The molecule has 0 bridgehead atoms. The van der Waals surface area contributed by atoms with E-state index in [0.717, 1.165) is 16.3 Å². The van der Waals surface area contributed by atoms with Gasteiger partial charge >= 0.3 is 0 Å². The summed E-state index contributed by atoms with van der Waals surface area (Å²) < 4.78 is 28.7. The van der Waals surface area contributed by atoms with Gasteiger partial charge < -0.3 is 0 Å². The van der Waals surface area contributed by atoms with Crippen molar-refractivity contribution in [2.24, 2.45) is 0 Å². The smallest absolute Gasteiger partial charge is 0.131 e. The zero-order valence-electron chi connectivity index (χ0n) is 10.8. The fourth-order valence-corrected chi connectivity index (χ4v) is 3.66. The Bertz CT molecular complexity index is 786. The average molecular weight is 412 g/mol. The first-order chi connectivity index (χ1) is 10.1. The maximum absolute atomic E-state index is 14.1. The van der Waals surface area contributed by atoms with Crippen LogP contribution in [0, 0.1) is 11.6 Å². The molecular weight excluding hydrogens is 402 g/mol. The van der Waals surface area contributed by atoms with E-state index in [0.29, 0.717) is 4.47 Å². The maximum atomic E-state index is 14.1. The average Bonchev–Trinajstić information content (AvgIpc) is 2.45. The standard InChI is InChI=1S/C17H10Br2F2/c18-11-8-14(20)16(15(21)9-11)17(19)13-7-3-5-10-4-1-2-6-12(10)13/h1-9,17H. The maximum Gasteiger partial charge on any atom is 0.131 e. The predicted molar refractivity (Wildman–Crippen MR) is 88.8 cm³/mol. The molecule has 0 N–H and O–H groups in total.